The average Bonchev–Trinajstić information content (AvgIpc) is 2.52. The number of rotatable bonds is 5. The lowest BCUT2D eigenvalue weighted by Crippen LogP contribution is -2.13. The Bertz CT molecular complexity index is 351. The smallest absolute Gasteiger partial charge is 0.308 e. The minimum Gasteiger partial charge on any atom is -0.308 e. The second-order valence-electron chi connectivity index (χ2n) is 2.67. The van der Waals surface area contributed by atoms with Crippen LogP contribution in [-0.4, -0.2) is 11.5 Å². The van der Waals surface area contributed by atoms with Gasteiger partial charge in [0.1, 0.15) is 0 Å². The normalized spacial score (nSPS) is 10.1. The molecule has 0 amide bonds. The Morgan fingerprint density at radius 1 is 1.79 bits per heavy atom. The van der Waals surface area contributed by atoms with Crippen LogP contribution in [0.4, 0.5) is 5.00 Å². The molecule has 0 radical (unpaired) electrons. The molecule has 1 aromatic rings. The number of hydrogen-bond acceptors (Lipinski definition) is 4. The zero-order valence-corrected chi connectivity index (χ0v) is 9.73. The van der Waals surface area contributed by atoms with E-state index in [4.69, 9.17) is 0 Å². The van der Waals surface area contributed by atoms with Crippen molar-refractivity contribution in [2.75, 3.05) is 6.54 Å². The molecule has 0 atom stereocenters. The maximum absolute atomic E-state index is 10.4. The molecular formula is C8H9BrN2O2S. The van der Waals surface area contributed by atoms with Gasteiger partial charge in [-0.25, -0.2) is 0 Å². The van der Waals surface area contributed by atoms with Crippen LogP contribution in [-0.2, 0) is 6.54 Å². The summed E-state index contributed by atoms with van der Waals surface area (Å²) in [6.07, 6.45) is 0. The third-order valence-electron chi connectivity index (χ3n) is 1.47. The van der Waals surface area contributed by atoms with Crippen LogP contribution in [0.2, 0.25) is 0 Å². The molecule has 0 unspecified atom stereocenters. The Hall–Kier alpha value is -0.720. The highest BCUT2D eigenvalue weighted by Crippen LogP contribution is 2.22. The van der Waals surface area contributed by atoms with Gasteiger partial charge in [0.25, 0.3) is 0 Å². The predicted molar refractivity (Wildman–Crippen MR) is 60.7 cm³/mol. The van der Waals surface area contributed by atoms with E-state index in [0.717, 1.165) is 21.4 Å². The maximum Gasteiger partial charge on any atom is 0.324 e. The van der Waals surface area contributed by atoms with Crippen molar-refractivity contribution in [3.05, 3.63) is 38.2 Å². The molecule has 76 valence electrons. The molecule has 0 fully saturated rings. The first-order chi connectivity index (χ1) is 6.59. The van der Waals surface area contributed by atoms with Gasteiger partial charge >= 0.3 is 5.00 Å². The fourth-order valence-corrected chi connectivity index (χ4v) is 1.82. The highest BCUT2D eigenvalue weighted by atomic mass is 79.9. The van der Waals surface area contributed by atoms with E-state index >= 15 is 0 Å². The van der Waals surface area contributed by atoms with E-state index in [1.807, 2.05) is 0 Å². The van der Waals surface area contributed by atoms with E-state index < -0.39 is 0 Å². The third kappa shape index (κ3) is 3.57. The van der Waals surface area contributed by atoms with Crippen molar-refractivity contribution in [2.24, 2.45) is 0 Å². The van der Waals surface area contributed by atoms with Crippen LogP contribution < -0.4 is 5.32 Å². The van der Waals surface area contributed by atoms with Gasteiger partial charge < -0.3 is 5.32 Å². The van der Waals surface area contributed by atoms with Crippen LogP contribution in [0.1, 0.15) is 5.56 Å². The molecule has 0 saturated carbocycles. The van der Waals surface area contributed by atoms with Gasteiger partial charge in [0.05, 0.1) is 4.92 Å². The Kier molecular flexibility index (Phi) is 4.24. The first-order valence-corrected chi connectivity index (χ1v) is 5.52. The molecule has 1 rings (SSSR count). The van der Waals surface area contributed by atoms with Gasteiger partial charge in [-0.05, 0) is 5.56 Å². The summed E-state index contributed by atoms with van der Waals surface area (Å²) in [6.45, 7) is 4.94. The van der Waals surface area contributed by atoms with E-state index in [1.165, 1.54) is 0 Å². The lowest BCUT2D eigenvalue weighted by molar-refractivity contribution is -0.380. The van der Waals surface area contributed by atoms with Crippen LogP contribution in [0.5, 0.6) is 0 Å². The lowest BCUT2D eigenvalue weighted by Gasteiger charge is -1.99. The van der Waals surface area contributed by atoms with Gasteiger partial charge in [-0.3, -0.25) is 10.1 Å². The number of nitro groups is 1. The molecule has 1 heterocycles. The number of nitrogens with one attached hydrogen (secondary N) is 1. The Labute approximate surface area is 93.9 Å². The molecule has 0 aliphatic heterocycles. The van der Waals surface area contributed by atoms with Crippen molar-refractivity contribution in [2.45, 2.75) is 6.54 Å². The molecule has 0 spiro atoms. The van der Waals surface area contributed by atoms with Gasteiger partial charge in [0.15, 0.2) is 0 Å². The predicted octanol–water partition coefficient (Wildman–Crippen LogP) is 2.65. The van der Waals surface area contributed by atoms with Gasteiger partial charge in [-0.15, -0.1) is 0 Å². The largest absolute Gasteiger partial charge is 0.324 e. The second kappa shape index (κ2) is 5.23. The van der Waals surface area contributed by atoms with Crippen LogP contribution in [0, 0.1) is 10.1 Å². The molecule has 0 aromatic carbocycles. The summed E-state index contributed by atoms with van der Waals surface area (Å²) in [5, 5.41) is 15.4. The van der Waals surface area contributed by atoms with E-state index in [-0.39, 0.29) is 9.92 Å². The fraction of sp³-hybridized carbons (Fsp3) is 0.250. The third-order valence-corrected chi connectivity index (χ3v) is 2.68. The second-order valence-corrected chi connectivity index (χ2v) is 4.68. The summed E-state index contributed by atoms with van der Waals surface area (Å²) in [5.74, 6) is 0. The minimum absolute atomic E-state index is 0.180. The lowest BCUT2D eigenvalue weighted by atomic mass is 10.3. The van der Waals surface area contributed by atoms with Crippen molar-refractivity contribution in [1.82, 2.24) is 5.32 Å². The van der Waals surface area contributed by atoms with Gasteiger partial charge in [-0.2, -0.15) is 0 Å². The number of thiophene rings is 1. The molecule has 1 N–H and O–H groups in total. The average molecular weight is 277 g/mol. The summed E-state index contributed by atoms with van der Waals surface area (Å²) in [6, 6.07) is 1.58. The summed E-state index contributed by atoms with van der Waals surface area (Å²) >= 11 is 4.36. The fourth-order valence-electron chi connectivity index (χ4n) is 0.894. The molecule has 0 aliphatic rings. The molecule has 4 nitrogen and oxygen atoms in total. The Balaban J connectivity index is 2.44. The summed E-state index contributed by atoms with van der Waals surface area (Å²) in [4.78, 5) is 9.99. The van der Waals surface area contributed by atoms with E-state index in [0.29, 0.717) is 13.1 Å². The summed E-state index contributed by atoms with van der Waals surface area (Å²) in [5.41, 5.74) is 0.926. The quantitative estimate of drug-likeness (QED) is 0.665. The maximum atomic E-state index is 10.4. The minimum atomic E-state index is -0.377. The van der Waals surface area contributed by atoms with E-state index in [1.54, 1.807) is 11.4 Å². The van der Waals surface area contributed by atoms with Crippen molar-refractivity contribution in [3.63, 3.8) is 0 Å². The molecule has 0 saturated heterocycles. The zero-order valence-electron chi connectivity index (χ0n) is 7.33. The van der Waals surface area contributed by atoms with Crippen molar-refractivity contribution in [3.8, 4) is 0 Å². The Morgan fingerprint density at radius 3 is 3.00 bits per heavy atom. The van der Waals surface area contributed by atoms with Crippen molar-refractivity contribution < 1.29 is 4.92 Å². The topological polar surface area (TPSA) is 55.2 Å². The van der Waals surface area contributed by atoms with Gasteiger partial charge in [-0.1, -0.05) is 33.8 Å². The number of hydrogen-bond donors (Lipinski definition) is 1. The highest BCUT2D eigenvalue weighted by Gasteiger charge is 2.08. The van der Waals surface area contributed by atoms with Crippen LogP contribution in [0.25, 0.3) is 0 Å². The first-order valence-electron chi connectivity index (χ1n) is 3.85. The van der Waals surface area contributed by atoms with Crippen LogP contribution in [0.3, 0.4) is 0 Å². The first kappa shape index (κ1) is 11.4. The summed E-state index contributed by atoms with van der Waals surface area (Å²) in [7, 11) is 0. The molecule has 6 heteroatoms. The molecule has 0 aliphatic carbocycles. The SMILES string of the molecule is C=C(Br)CNCc1csc([N+](=O)[O-])c1. The monoisotopic (exact) mass is 276 g/mol. The van der Waals surface area contributed by atoms with E-state index in [2.05, 4.69) is 27.8 Å². The standard InChI is InChI=1S/C8H9BrN2O2S/c1-6(9)3-10-4-7-2-8(11(12)13)14-5-7/h2,5,10H,1,3-4H2. The van der Waals surface area contributed by atoms with Gasteiger partial charge in [0, 0.05) is 29.0 Å². The highest BCUT2D eigenvalue weighted by molar-refractivity contribution is 9.11. The van der Waals surface area contributed by atoms with Crippen molar-refractivity contribution >= 4 is 32.3 Å². The molecule has 1 aromatic heterocycles. The Morgan fingerprint density at radius 2 is 2.50 bits per heavy atom. The molecule has 14 heavy (non-hydrogen) atoms. The summed E-state index contributed by atoms with van der Waals surface area (Å²) < 4.78 is 0.863. The van der Waals surface area contributed by atoms with Crippen molar-refractivity contribution in [1.29, 1.82) is 0 Å². The van der Waals surface area contributed by atoms with Crippen LogP contribution >= 0.6 is 27.3 Å². The van der Waals surface area contributed by atoms with E-state index in [9.17, 15) is 10.1 Å². The van der Waals surface area contributed by atoms with Crippen LogP contribution in [0.15, 0.2) is 22.5 Å². The molecular weight excluding hydrogens is 268 g/mol. The van der Waals surface area contributed by atoms with Gasteiger partial charge in [0.2, 0.25) is 0 Å². The number of halogens is 1. The molecule has 0 bridgehead atoms. The zero-order chi connectivity index (χ0) is 10.6. The number of nitrogens with zero attached hydrogens (tertiary/aromatic N) is 1.